The fourth-order valence-corrected chi connectivity index (χ4v) is 2.72. The van der Waals surface area contributed by atoms with Crippen LogP contribution in [0.25, 0.3) is 22.4 Å². The predicted molar refractivity (Wildman–Crippen MR) is 104 cm³/mol. The van der Waals surface area contributed by atoms with Gasteiger partial charge in [0.05, 0.1) is 26.0 Å². The van der Waals surface area contributed by atoms with Crippen molar-refractivity contribution in [3.8, 4) is 39.8 Å². The van der Waals surface area contributed by atoms with Gasteiger partial charge in [-0.3, -0.25) is 0 Å². The van der Waals surface area contributed by atoms with E-state index in [1.54, 1.807) is 14.2 Å². The Labute approximate surface area is 154 Å². The number of ether oxygens (including phenoxy) is 3. The molecule has 3 aromatic rings. The maximum atomic E-state index is 5.79. The van der Waals surface area contributed by atoms with E-state index in [4.69, 9.17) is 19.2 Å². The maximum Gasteiger partial charge on any atom is 0.214 e. The lowest BCUT2D eigenvalue weighted by Crippen LogP contribution is -2.07. The molecule has 0 aliphatic carbocycles. The molecule has 0 aliphatic heterocycles. The first-order valence-corrected chi connectivity index (χ1v) is 8.57. The van der Waals surface area contributed by atoms with Gasteiger partial charge in [-0.2, -0.15) is 0 Å². The summed E-state index contributed by atoms with van der Waals surface area (Å²) in [6.45, 7) is 3.98. The van der Waals surface area contributed by atoms with Gasteiger partial charge in [0, 0.05) is 17.2 Å². The molecule has 134 valence electrons. The molecule has 1 aromatic heterocycles. The van der Waals surface area contributed by atoms with Crippen LogP contribution in [0.4, 0.5) is 0 Å². The molecule has 1 heterocycles. The first-order chi connectivity index (χ1) is 12.6. The molecule has 2 aromatic carbocycles. The van der Waals surface area contributed by atoms with E-state index in [0.717, 1.165) is 33.9 Å². The van der Waals surface area contributed by atoms with Gasteiger partial charge < -0.3 is 14.2 Å². The SMILES string of the molecule is COc1ccc(-c2ccc(OC(C)C)nc2-c2ccc(OC)cc2)cc1. The van der Waals surface area contributed by atoms with Crippen molar-refractivity contribution in [2.75, 3.05) is 14.2 Å². The number of nitrogens with zero attached hydrogens (tertiary/aromatic N) is 1. The molecule has 0 saturated heterocycles. The number of hydrogen-bond donors (Lipinski definition) is 0. The highest BCUT2D eigenvalue weighted by Gasteiger charge is 2.12. The van der Waals surface area contributed by atoms with E-state index in [9.17, 15) is 0 Å². The first-order valence-electron chi connectivity index (χ1n) is 8.57. The van der Waals surface area contributed by atoms with Crippen molar-refractivity contribution in [3.05, 3.63) is 60.7 Å². The van der Waals surface area contributed by atoms with Crippen molar-refractivity contribution in [1.82, 2.24) is 4.98 Å². The topological polar surface area (TPSA) is 40.6 Å². The average Bonchev–Trinajstić information content (AvgIpc) is 2.68. The van der Waals surface area contributed by atoms with Gasteiger partial charge >= 0.3 is 0 Å². The van der Waals surface area contributed by atoms with E-state index >= 15 is 0 Å². The minimum absolute atomic E-state index is 0.0676. The van der Waals surface area contributed by atoms with Crippen molar-refractivity contribution in [2.45, 2.75) is 20.0 Å². The highest BCUT2D eigenvalue weighted by Crippen LogP contribution is 2.34. The third-order valence-corrected chi connectivity index (χ3v) is 3.99. The van der Waals surface area contributed by atoms with E-state index in [-0.39, 0.29) is 6.10 Å². The van der Waals surface area contributed by atoms with Crippen LogP contribution in [0.15, 0.2) is 60.7 Å². The van der Waals surface area contributed by atoms with Crippen molar-refractivity contribution in [1.29, 1.82) is 0 Å². The molecule has 0 fully saturated rings. The Kier molecular flexibility index (Phi) is 5.42. The van der Waals surface area contributed by atoms with E-state index in [0.29, 0.717) is 5.88 Å². The van der Waals surface area contributed by atoms with Gasteiger partial charge in [-0.15, -0.1) is 0 Å². The van der Waals surface area contributed by atoms with Crippen molar-refractivity contribution in [3.63, 3.8) is 0 Å². The highest BCUT2D eigenvalue weighted by atomic mass is 16.5. The van der Waals surface area contributed by atoms with Crippen molar-refractivity contribution >= 4 is 0 Å². The standard InChI is InChI=1S/C22H23NO3/c1-15(2)26-21-14-13-20(16-5-9-18(24-3)10-6-16)22(23-21)17-7-11-19(25-4)12-8-17/h5-15H,1-4H3. The van der Waals surface area contributed by atoms with E-state index in [2.05, 4.69) is 0 Å². The number of rotatable bonds is 6. The van der Waals surface area contributed by atoms with Crippen LogP contribution in [-0.2, 0) is 0 Å². The normalized spacial score (nSPS) is 10.7. The second-order valence-electron chi connectivity index (χ2n) is 6.17. The van der Waals surface area contributed by atoms with E-state index in [1.165, 1.54) is 0 Å². The summed E-state index contributed by atoms with van der Waals surface area (Å²) in [5.74, 6) is 2.25. The number of aromatic nitrogens is 1. The largest absolute Gasteiger partial charge is 0.497 e. The van der Waals surface area contributed by atoms with Gasteiger partial charge in [-0.1, -0.05) is 12.1 Å². The number of benzene rings is 2. The molecule has 0 unspecified atom stereocenters. The Balaban J connectivity index is 2.09. The summed E-state index contributed by atoms with van der Waals surface area (Å²) in [5.41, 5.74) is 3.98. The Bertz CT molecular complexity index is 856. The first kappa shape index (κ1) is 17.8. The Morgan fingerprint density at radius 3 is 1.73 bits per heavy atom. The monoisotopic (exact) mass is 349 g/mol. The van der Waals surface area contributed by atoms with Crippen LogP contribution in [0.5, 0.6) is 17.4 Å². The van der Waals surface area contributed by atoms with Crippen LogP contribution in [0.3, 0.4) is 0 Å². The van der Waals surface area contributed by atoms with Crippen LogP contribution in [0.1, 0.15) is 13.8 Å². The van der Waals surface area contributed by atoms with E-state index < -0.39 is 0 Å². The predicted octanol–water partition coefficient (Wildman–Crippen LogP) is 5.22. The zero-order valence-corrected chi connectivity index (χ0v) is 15.5. The molecule has 0 aliphatic rings. The van der Waals surface area contributed by atoms with Gasteiger partial charge in [0.15, 0.2) is 0 Å². The van der Waals surface area contributed by atoms with Gasteiger partial charge in [0.1, 0.15) is 11.5 Å². The molecular weight excluding hydrogens is 326 g/mol. The summed E-state index contributed by atoms with van der Waals surface area (Å²) in [6.07, 6.45) is 0.0676. The molecule has 26 heavy (non-hydrogen) atoms. The zero-order valence-electron chi connectivity index (χ0n) is 15.5. The van der Waals surface area contributed by atoms with Gasteiger partial charge in [0.2, 0.25) is 5.88 Å². The summed E-state index contributed by atoms with van der Waals surface area (Å²) in [4.78, 5) is 4.76. The molecule has 4 heteroatoms. The van der Waals surface area contributed by atoms with Gasteiger partial charge in [-0.05, 0) is 61.9 Å². The lowest BCUT2D eigenvalue weighted by molar-refractivity contribution is 0.233. The van der Waals surface area contributed by atoms with Gasteiger partial charge in [0.25, 0.3) is 0 Å². The molecular formula is C22H23NO3. The maximum absolute atomic E-state index is 5.79. The smallest absolute Gasteiger partial charge is 0.214 e. The van der Waals surface area contributed by atoms with Crippen LogP contribution in [-0.4, -0.2) is 25.3 Å². The van der Waals surface area contributed by atoms with Gasteiger partial charge in [-0.25, -0.2) is 4.98 Å². The van der Waals surface area contributed by atoms with Crippen LogP contribution < -0.4 is 14.2 Å². The minimum Gasteiger partial charge on any atom is -0.497 e. The lowest BCUT2D eigenvalue weighted by Gasteiger charge is -2.14. The van der Waals surface area contributed by atoms with Crippen LogP contribution >= 0.6 is 0 Å². The summed E-state index contributed by atoms with van der Waals surface area (Å²) in [5, 5.41) is 0. The molecule has 0 atom stereocenters. The minimum atomic E-state index is 0.0676. The Morgan fingerprint density at radius 1 is 0.692 bits per heavy atom. The molecule has 0 saturated carbocycles. The molecule has 0 amide bonds. The van der Waals surface area contributed by atoms with Crippen LogP contribution in [0.2, 0.25) is 0 Å². The molecule has 4 nitrogen and oxygen atoms in total. The fraction of sp³-hybridized carbons (Fsp3) is 0.227. The lowest BCUT2D eigenvalue weighted by atomic mass is 9.99. The second-order valence-corrected chi connectivity index (χ2v) is 6.17. The molecule has 0 spiro atoms. The molecule has 3 rings (SSSR count). The van der Waals surface area contributed by atoms with Crippen molar-refractivity contribution < 1.29 is 14.2 Å². The summed E-state index contributed by atoms with van der Waals surface area (Å²) in [6, 6.07) is 19.8. The van der Waals surface area contributed by atoms with E-state index in [1.807, 2.05) is 74.5 Å². The van der Waals surface area contributed by atoms with Crippen molar-refractivity contribution in [2.24, 2.45) is 0 Å². The number of methoxy groups -OCH3 is 2. The second kappa shape index (κ2) is 7.91. The quantitative estimate of drug-likeness (QED) is 0.612. The fourth-order valence-electron chi connectivity index (χ4n) is 2.72. The number of pyridine rings is 1. The zero-order chi connectivity index (χ0) is 18.5. The summed E-state index contributed by atoms with van der Waals surface area (Å²) >= 11 is 0. The Hall–Kier alpha value is -3.01. The molecule has 0 N–H and O–H groups in total. The summed E-state index contributed by atoms with van der Waals surface area (Å²) in [7, 11) is 3.32. The third kappa shape index (κ3) is 3.97. The Morgan fingerprint density at radius 2 is 1.23 bits per heavy atom. The average molecular weight is 349 g/mol. The van der Waals surface area contributed by atoms with Crippen LogP contribution in [0, 0.1) is 0 Å². The molecule has 0 bridgehead atoms. The molecule has 0 radical (unpaired) electrons. The number of hydrogen-bond acceptors (Lipinski definition) is 4. The summed E-state index contributed by atoms with van der Waals surface area (Å²) < 4.78 is 16.3. The third-order valence-electron chi connectivity index (χ3n) is 3.99. The highest BCUT2D eigenvalue weighted by molar-refractivity contribution is 5.81.